The Kier molecular flexibility index (Phi) is 5.42. The van der Waals surface area contributed by atoms with Gasteiger partial charge in [0.25, 0.3) is 5.91 Å². The minimum absolute atomic E-state index is 0.197. The Bertz CT molecular complexity index is 1420. The first-order valence-electron chi connectivity index (χ1n) is 10.5. The van der Waals surface area contributed by atoms with E-state index in [4.69, 9.17) is 20.6 Å². The molecule has 0 aliphatic carbocycles. The molecule has 0 bridgehead atoms. The highest BCUT2D eigenvalue weighted by atomic mass is 32.1. The van der Waals surface area contributed by atoms with Gasteiger partial charge < -0.3 is 31.3 Å². The van der Waals surface area contributed by atoms with Gasteiger partial charge in [0.2, 0.25) is 5.78 Å². The zero-order chi connectivity index (χ0) is 23.8. The first-order valence-corrected chi connectivity index (χ1v) is 11.3. The molecule has 1 saturated heterocycles. The van der Waals surface area contributed by atoms with Crippen LogP contribution in [0.5, 0.6) is 0 Å². The molecule has 10 heteroatoms. The molecule has 1 aliphatic heterocycles. The van der Waals surface area contributed by atoms with Crippen LogP contribution in [-0.2, 0) is 9.53 Å². The van der Waals surface area contributed by atoms with Gasteiger partial charge in [0, 0.05) is 23.1 Å². The molecular formula is C24H20N4O5S. The number of furan rings is 1. The van der Waals surface area contributed by atoms with Crippen molar-refractivity contribution in [3.63, 3.8) is 0 Å². The molecule has 6 N–H and O–H groups in total. The van der Waals surface area contributed by atoms with Crippen LogP contribution in [0.1, 0.15) is 32.0 Å². The molecule has 0 saturated carbocycles. The topological polar surface area (TPSA) is 150 Å². The normalized spacial score (nSPS) is 15.3. The quantitative estimate of drug-likeness (QED) is 0.243. The average molecular weight is 477 g/mol. The first kappa shape index (κ1) is 21.5. The summed E-state index contributed by atoms with van der Waals surface area (Å²) in [7, 11) is 0. The molecule has 1 atom stereocenters. The molecule has 34 heavy (non-hydrogen) atoms. The summed E-state index contributed by atoms with van der Waals surface area (Å²) in [5, 5.41) is 7.02. The van der Waals surface area contributed by atoms with Crippen LogP contribution in [0.25, 0.3) is 11.0 Å². The van der Waals surface area contributed by atoms with E-state index in [-0.39, 0.29) is 23.1 Å². The lowest BCUT2D eigenvalue weighted by molar-refractivity contribution is -0.139. The molecule has 1 unspecified atom stereocenters. The zero-order valence-corrected chi connectivity index (χ0v) is 18.6. The van der Waals surface area contributed by atoms with Crippen LogP contribution in [0, 0.1) is 0 Å². The number of hydrogen-bond donors (Lipinski definition) is 4. The monoisotopic (exact) mass is 476 g/mol. The highest BCUT2D eigenvalue weighted by Crippen LogP contribution is 2.41. The number of fused-ring (bicyclic) bond motifs is 1. The van der Waals surface area contributed by atoms with Gasteiger partial charge in [-0.05, 0) is 30.3 Å². The Morgan fingerprint density at radius 1 is 1.03 bits per heavy atom. The summed E-state index contributed by atoms with van der Waals surface area (Å²) in [5.74, 6) is -1.06. The fourth-order valence-electron chi connectivity index (χ4n) is 3.70. The van der Waals surface area contributed by atoms with Crippen LogP contribution >= 0.6 is 11.3 Å². The molecule has 1 fully saturated rings. The van der Waals surface area contributed by atoms with Gasteiger partial charge in [-0.1, -0.05) is 18.2 Å². The van der Waals surface area contributed by atoms with Gasteiger partial charge in [0.05, 0.1) is 23.5 Å². The lowest BCUT2D eigenvalue weighted by Gasteiger charge is -2.10. The SMILES string of the molecule is Nc1c(Nc2ccc(C(=O)NC3CCOC3=O)cc2)sc(C(=O)c2coc3ccccc23)c1N. The summed E-state index contributed by atoms with van der Waals surface area (Å²) in [6.07, 6.45) is 1.88. The number of cyclic esters (lactones) is 1. The fourth-order valence-corrected chi connectivity index (χ4v) is 4.71. The van der Waals surface area contributed by atoms with Crippen molar-refractivity contribution in [1.29, 1.82) is 0 Å². The van der Waals surface area contributed by atoms with Gasteiger partial charge in [-0.3, -0.25) is 9.59 Å². The summed E-state index contributed by atoms with van der Waals surface area (Å²) in [6, 6.07) is 13.3. The number of rotatable bonds is 6. The first-order chi connectivity index (χ1) is 16.4. The number of nitrogens with one attached hydrogen (secondary N) is 2. The van der Waals surface area contributed by atoms with E-state index in [0.717, 1.165) is 11.3 Å². The van der Waals surface area contributed by atoms with Crippen LogP contribution in [0.15, 0.2) is 59.2 Å². The average Bonchev–Trinajstić information content (AvgIpc) is 3.53. The second-order valence-corrected chi connectivity index (χ2v) is 8.77. The van der Waals surface area contributed by atoms with E-state index in [2.05, 4.69) is 10.6 Å². The number of hydrogen-bond acceptors (Lipinski definition) is 9. The van der Waals surface area contributed by atoms with Gasteiger partial charge in [-0.25, -0.2) is 4.79 Å². The van der Waals surface area contributed by atoms with Crippen molar-refractivity contribution in [2.24, 2.45) is 0 Å². The Labute approximate surface area is 197 Å². The number of nitrogen functional groups attached to an aromatic ring is 2. The predicted octanol–water partition coefficient (Wildman–Crippen LogP) is 3.68. The third-order valence-electron chi connectivity index (χ3n) is 5.56. The minimum atomic E-state index is -0.623. The highest BCUT2D eigenvalue weighted by molar-refractivity contribution is 7.19. The summed E-state index contributed by atoms with van der Waals surface area (Å²) in [4.78, 5) is 37.4. The number of para-hydroxylation sites is 1. The number of esters is 1. The predicted molar refractivity (Wildman–Crippen MR) is 129 cm³/mol. The largest absolute Gasteiger partial charge is 0.464 e. The number of nitrogens with two attached hydrogens (primary N) is 2. The molecule has 5 rings (SSSR count). The van der Waals surface area contributed by atoms with E-state index in [1.165, 1.54) is 6.26 Å². The maximum absolute atomic E-state index is 13.2. The third kappa shape index (κ3) is 3.84. The molecular weight excluding hydrogens is 456 g/mol. The third-order valence-corrected chi connectivity index (χ3v) is 6.70. The number of ether oxygens (including phenoxy) is 1. The van der Waals surface area contributed by atoms with Gasteiger partial charge >= 0.3 is 5.97 Å². The van der Waals surface area contributed by atoms with Crippen LogP contribution in [0.2, 0.25) is 0 Å². The van der Waals surface area contributed by atoms with Crippen molar-refractivity contribution < 1.29 is 23.5 Å². The van der Waals surface area contributed by atoms with E-state index in [0.29, 0.717) is 50.7 Å². The fraction of sp³-hybridized carbons (Fsp3) is 0.125. The number of anilines is 4. The van der Waals surface area contributed by atoms with Gasteiger partial charge in [-0.2, -0.15) is 0 Å². The second-order valence-electron chi connectivity index (χ2n) is 7.75. The van der Waals surface area contributed by atoms with E-state index >= 15 is 0 Å². The smallest absolute Gasteiger partial charge is 0.328 e. The Morgan fingerprint density at radius 3 is 2.53 bits per heavy atom. The van der Waals surface area contributed by atoms with Crippen molar-refractivity contribution in [2.45, 2.75) is 12.5 Å². The molecule has 172 valence electrons. The van der Waals surface area contributed by atoms with Gasteiger partial charge in [0.1, 0.15) is 27.8 Å². The summed E-state index contributed by atoms with van der Waals surface area (Å²) < 4.78 is 10.3. The van der Waals surface area contributed by atoms with E-state index < -0.39 is 12.0 Å². The number of carbonyl (C=O) groups excluding carboxylic acids is 3. The molecule has 1 aliphatic rings. The number of benzene rings is 2. The standard InChI is InChI=1S/C24H20N4O5S/c25-18-19(26)23(34-21(18)20(29)15-11-33-17-4-2-1-3-14(15)17)27-13-7-5-12(6-8-13)22(30)28-16-9-10-32-24(16)31/h1-8,11,16,27H,9-10,25-26H2,(H,28,30). The number of amides is 1. The summed E-state index contributed by atoms with van der Waals surface area (Å²) in [6.45, 7) is 0.305. The van der Waals surface area contributed by atoms with Crippen LogP contribution < -0.4 is 22.1 Å². The molecule has 1 amide bonds. The molecule has 0 spiro atoms. The zero-order valence-electron chi connectivity index (χ0n) is 17.8. The Balaban J connectivity index is 1.33. The molecule has 3 heterocycles. The van der Waals surface area contributed by atoms with Crippen molar-refractivity contribution >= 4 is 62.0 Å². The lowest BCUT2D eigenvalue weighted by Crippen LogP contribution is -2.37. The van der Waals surface area contributed by atoms with Crippen LogP contribution in [0.3, 0.4) is 0 Å². The highest BCUT2D eigenvalue weighted by Gasteiger charge is 2.28. The van der Waals surface area contributed by atoms with Crippen LogP contribution in [0.4, 0.5) is 22.1 Å². The van der Waals surface area contributed by atoms with Crippen molar-refractivity contribution in [3.8, 4) is 0 Å². The van der Waals surface area contributed by atoms with Crippen molar-refractivity contribution in [1.82, 2.24) is 5.32 Å². The minimum Gasteiger partial charge on any atom is -0.464 e. The summed E-state index contributed by atoms with van der Waals surface area (Å²) >= 11 is 1.14. The van der Waals surface area contributed by atoms with Gasteiger partial charge in [-0.15, -0.1) is 11.3 Å². The maximum atomic E-state index is 13.2. The van der Waals surface area contributed by atoms with Gasteiger partial charge in [0.15, 0.2) is 0 Å². The van der Waals surface area contributed by atoms with E-state index in [9.17, 15) is 14.4 Å². The Morgan fingerprint density at radius 2 is 1.79 bits per heavy atom. The second kappa shape index (κ2) is 8.56. The van der Waals surface area contributed by atoms with E-state index in [1.54, 1.807) is 30.3 Å². The molecule has 2 aromatic heterocycles. The van der Waals surface area contributed by atoms with Crippen molar-refractivity contribution in [3.05, 3.63) is 70.8 Å². The Hall–Kier alpha value is -4.31. The van der Waals surface area contributed by atoms with Crippen molar-refractivity contribution in [2.75, 3.05) is 23.4 Å². The molecule has 9 nitrogen and oxygen atoms in total. The molecule has 2 aromatic carbocycles. The lowest BCUT2D eigenvalue weighted by atomic mass is 10.1. The molecule has 4 aromatic rings. The number of ketones is 1. The van der Waals surface area contributed by atoms with Crippen LogP contribution in [-0.4, -0.2) is 30.3 Å². The van der Waals surface area contributed by atoms with E-state index in [1.807, 2.05) is 18.2 Å². The number of thiophene rings is 1. The molecule has 0 radical (unpaired) electrons. The maximum Gasteiger partial charge on any atom is 0.328 e. The summed E-state index contributed by atoms with van der Waals surface area (Å²) in [5.41, 5.74) is 14.9. The number of carbonyl (C=O) groups is 3.